The van der Waals surface area contributed by atoms with E-state index in [2.05, 4.69) is 10.3 Å². The van der Waals surface area contributed by atoms with Crippen LogP contribution in [0.2, 0.25) is 0 Å². The van der Waals surface area contributed by atoms with Crippen molar-refractivity contribution in [3.8, 4) is 0 Å². The van der Waals surface area contributed by atoms with Crippen molar-refractivity contribution >= 4 is 23.4 Å². The second-order valence-electron chi connectivity index (χ2n) is 4.68. The highest BCUT2D eigenvalue weighted by Gasteiger charge is 2.30. The average Bonchev–Trinajstić information content (AvgIpc) is 2.47. The molecule has 2 aromatic rings. The molecule has 0 aliphatic carbocycles. The number of aromatic nitrogens is 1. The minimum atomic E-state index is -4.44. The summed E-state index contributed by atoms with van der Waals surface area (Å²) in [7, 11) is 0. The van der Waals surface area contributed by atoms with Crippen LogP contribution in [0.5, 0.6) is 0 Å². The third-order valence-corrected chi connectivity index (χ3v) is 3.82. The highest BCUT2D eigenvalue weighted by atomic mass is 32.2. The first kappa shape index (κ1) is 17.3. The zero-order chi connectivity index (χ0) is 17.0. The van der Waals surface area contributed by atoms with Gasteiger partial charge in [0.1, 0.15) is 5.82 Å². The number of halogens is 4. The van der Waals surface area contributed by atoms with Gasteiger partial charge in [-0.1, -0.05) is 11.8 Å². The van der Waals surface area contributed by atoms with E-state index in [0.29, 0.717) is 16.3 Å². The van der Waals surface area contributed by atoms with E-state index in [1.165, 1.54) is 24.3 Å². The van der Waals surface area contributed by atoms with Crippen LogP contribution in [0, 0.1) is 12.7 Å². The molecule has 1 aromatic heterocycles. The summed E-state index contributed by atoms with van der Waals surface area (Å²) in [6.45, 7) is 1.66. The molecule has 1 N–H and O–H groups in total. The first-order valence-electron chi connectivity index (χ1n) is 6.48. The minimum Gasteiger partial charge on any atom is -0.325 e. The van der Waals surface area contributed by atoms with Gasteiger partial charge in [0.25, 0.3) is 0 Å². The molecule has 23 heavy (non-hydrogen) atoms. The molecular weight excluding hydrogens is 332 g/mol. The number of hydrogen-bond acceptors (Lipinski definition) is 3. The number of nitrogens with zero attached hydrogens (tertiary/aromatic N) is 1. The van der Waals surface area contributed by atoms with E-state index in [1.54, 1.807) is 6.92 Å². The lowest BCUT2D eigenvalue weighted by Crippen LogP contribution is -2.15. The fourth-order valence-electron chi connectivity index (χ4n) is 1.73. The van der Waals surface area contributed by atoms with Gasteiger partial charge in [-0.3, -0.25) is 4.79 Å². The van der Waals surface area contributed by atoms with Crippen LogP contribution in [0.3, 0.4) is 0 Å². The van der Waals surface area contributed by atoms with Crippen molar-refractivity contribution in [3.63, 3.8) is 0 Å². The van der Waals surface area contributed by atoms with Crippen molar-refractivity contribution < 1.29 is 22.4 Å². The highest BCUT2D eigenvalue weighted by molar-refractivity contribution is 7.99. The summed E-state index contributed by atoms with van der Waals surface area (Å²) in [6.07, 6.45) is -3.71. The predicted octanol–water partition coefficient (Wildman–Crippen LogP) is 4.28. The Hall–Kier alpha value is -2.09. The maximum Gasteiger partial charge on any atom is 0.417 e. The van der Waals surface area contributed by atoms with Crippen LogP contribution in [-0.2, 0) is 11.0 Å². The lowest BCUT2D eigenvalue weighted by atomic mass is 10.2. The van der Waals surface area contributed by atoms with Crippen LogP contribution in [0.15, 0.2) is 41.6 Å². The number of thioether (sulfide) groups is 1. The van der Waals surface area contributed by atoms with E-state index in [1.807, 2.05) is 0 Å². The molecule has 0 spiro atoms. The maximum absolute atomic E-state index is 13.0. The molecule has 1 aromatic carbocycles. The molecule has 0 saturated carbocycles. The summed E-state index contributed by atoms with van der Waals surface area (Å²) in [5.41, 5.74) is 0.224. The van der Waals surface area contributed by atoms with E-state index in [9.17, 15) is 22.4 Å². The van der Waals surface area contributed by atoms with Gasteiger partial charge in [0, 0.05) is 11.9 Å². The molecule has 8 heteroatoms. The van der Waals surface area contributed by atoms with Gasteiger partial charge in [-0.2, -0.15) is 13.2 Å². The topological polar surface area (TPSA) is 42.0 Å². The summed E-state index contributed by atoms with van der Waals surface area (Å²) in [5, 5.41) is 2.92. The van der Waals surface area contributed by atoms with Crippen LogP contribution in [-0.4, -0.2) is 16.6 Å². The summed E-state index contributed by atoms with van der Waals surface area (Å²) in [4.78, 5) is 15.5. The predicted molar refractivity (Wildman–Crippen MR) is 79.7 cm³/mol. The van der Waals surface area contributed by atoms with Crippen LogP contribution in [0.25, 0.3) is 0 Å². The van der Waals surface area contributed by atoms with Gasteiger partial charge in [-0.05, 0) is 42.8 Å². The number of hydrogen-bond donors (Lipinski definition) is 1. The monoisotopic (exact) mass is 344 g/mol. The molecule has 122 valence electrons. The quantitative estimate of drug-likeness (QED) is 0.665. The van der Waals surface area contributed by atoms with Gasteiger partial charge in [-0.15, -0.1) is 0 Å². The number of rotatable bonds is 4. The summed E-state index contributed by atoms with van der Waals surface area (Å²) in [6, 6.07) is 6.10. The minimum absolute atomic E-state index is 0.0187. The van der Waals surface area contributed by atoms with Gasteiger partial charge < -0.3 is 5.32 Å². The van der Waals surface area contributed by atoms with Crippen LogP contribution >= 0.6 is 11.8 Å². The number of anilines is 1. The number of carbonyl (C=O) groups is 1. The maximum atomic E-state index is 13.0. The second kappa shape index (κ2) is 6.99. The molecule has 0 atom stereocenters. The lowest BCUT2D eigenvalue weighted by molar-refractivity contribution is -0.137. The first-order valence-corrected chi connectivity index (χ1v) is 7.46. The van der Waals surface area contributed by atoms with E-state index in [4.69, 9.17) is 0 Å². The number of nitrogens with one attached hydrogen (secondary N) is 1. The highest BCUT2D eigenvalue weighted by Crippen LogP contribution is 2.29. The van der Waals surface area contributed by atoms with E-state index in [-0.39, 0.29) is 11.7 Å². The largest absolute Gasteiger partial charge is 0.417 e. The fraction of sp³-hybridized carbons (Fsp3) is 0.200. The zero-order valence-corrected chi connectivity index (χ0v) is 12.8. The smallest absolute Gasteiger partial charge is 0.325 e. The van der Waals surface area contributed by atoms with Gasteiger partial charge in [0.15, 0.2) is 0 Å². The normalized spacial score (nSPS) is 11.3. The van der Waals surface area contributed by atoms with Gasteiger partial charge >= 0.3 is 6.18 Å². The van der Waals surface area contributed by atoms with Crippen molar-refractivity contribution in [2.45, 2.75) is 18.1 Å². The Morgan fingerprint density at radius 1 is 1.26 bits per heavy atom. The number of carbonyl (C=O) groups excluding carboxylic acids is 1. The third kappa shape index (κ3) is 4.95. The SMILES string of the molecule is Cc1cc(F)ccc1NC(=O)CSc1ccc(C(F)(F)F)cn1. The van der Waals surface area contributed by atoms with Crippen LogP contribution in [0.1, 0.15) is 11.1 Å². The average molecular weight is 344 g/mol. The summed E-state index contributed by atoms with van der Waals surface area (Å²) < 4.78 is 50.2. The van der Waals surface area contributed by atoms with Crippen molar-refractivity contribution in [1.82, 2.24) is 4.98 Å². The van der Waals surface area contributed by atoms with Gasteiger partial charge in [0.2, 0.25) is 5.91 Å². The van der Waals surface area contributed by atoms with E-state index < -0.39 is 17.6 Å². The Balaban J connectivity index is 1.91. The number of pyridine rings is 1. The van der Waals surface area contributed by atoms with E-state index in [0.717, 1.165) is 24.0 Å². The second-order valence-corrected chi connectivity index (χ2v) is 5.67. The summed E-state index contributed by atoms with van der Waals surface area (Å²) >= 11 is 1.01. The number of alkyl halides is 3. The molecule has 0 radical (unpaired) electrons. The molecule has 3 nitrogen and oxygen atoms in total. The van der Waals surface area contributed by atoms with Crippen molar-refractivity contribution in [2.75, 3.05) is 11.1 Å². The molecule has 0 aliphatic heterocycles. The molecule has 1 amide bonds. The van der Waals surface area contributed by atoms with E-state index >= 15 is 0 Å². The molecular formula is C15H12F4N2OS. The Morgan fingerprint density at radius 2 is 2.00 bits per heavy atom. The standard InChI is InChI=1S/C15H12F4N2OS/c1-9-6-11(16)3-4-12(9)21-13(22)8-23-14-5-2-10(7-20-14)15(17,18)19/h2-7H,8H2,1H3,(H,21,22). The molecule has 0 aliphatic rings. The van der Waals surface area contributed by atoms with Crippen molar-refractivity contribution in [1.29, 1.82) is 0 Å². The number of benzene rings is 1. The summed E-state index contributed by atoms with van der Waals surface area (Å²) in [5.74, 6) is -0.773. The molecule has 0 fully saturated rings. The Morgan fingerprint density at radius 3 is 2.57 bits per heavy atom. The molecule has 0 unspecified atom stereocenters. The molecule has 1 heterocycles. The van der Waals surface area contributed by atoms with Crippen LogP contribution in [0.4, 0.5) is 23.2 Å². The number of aryl methyl sites for hydroxylation is 1. The molecule has 2 rings (SSSR count). The fourth-order valence-corrected chi connectivity index (χ4v) is 2.37. The number of amides is 1. The Bertz CT molecular complexity index is 702. The molecule has 0 saturated heterocycles. The molecule has 0 bridgehead atoms. The Kier molecular flexibility index (Phi) is 5.25. The first-order chi connectivity index (χ1) is 10.8. The van der Waals surface area contributed by atoms with Gasteiger partial charge in [-0.25, -0.2) is 9.37 Å². The lowest BCUT2D eigenvalue weighted by Gasteiger charge is -2.09. The van der Waals surface area contributed by atoms with Gasteiger partial charge in [0.05, 0.1) is 16.3 Å². The zero-order valence-electron chi connectivity index (χ0n) is 11.9. The Labute approximate surface area is 134 Å². The third-order valence-electron chi connectivity index (χ3n) is 2.88. The van der Waals surface area contributed by atoms with Crippen molar-refractivity contribution in [3.05, 3.63) is 53.5 Å². The van der Waals surface area contributed by atoms with Crippen LogP contribution < -0.4 is 5.32 Å². The van der Waals surface area contributed by atoms with Crippen molar-refractivity contribution in [2.24, 2.45) is 0 Å².